The van der Waals surface area contributed by atoms with Crippen LogP contribution in [0.25, 0.3) is 0 Å². The van der Waals surface area contributed by atoms with Crippen LogP contribution < -0.4 is 5.32 Å². The van der Waals surface area contributed by atoms with Gasteiger partial charge in [-0.3, -0.25) is 4.90 Å². The molecule has 0 aromatic heterocycles. The molecule has 0 radical (unpaired) electrons. The average molecular weight is 232 g/mol. The molecule has 94 valence electrons. The van der Waals surface area contributed by atoms with Crippen molar-refractivity contribution in [1.29, 1.82) is 0 Å². The summed E-state index contributed by atoms with van der Waals surface area (Å²) in [6.45, 7) is 10.2. The monoisotopic (exact) mass is 232 g/mol. The van der Waals surface area contributed by atoms with E-state index in [1.165, 1.54) is 5.56 Å². The Bertz CT molecular complexity index is 345. The molecule has 1 heterocycles. The van der Waals surface area contributed by atoms with Crippen LogP contribution in [0.2, 0.25) is 0 Å². The number of rotatable bonds is 3. The molecule has 2 nitrogen and oxygen atoms in total. The van der Waals surface area contributed by atoms with Crippen LogP contribution in [0, 0.1) is 0 Å². The number of benzene rings is 1. The molecule has 0 saturated carbocycles. The number of hydrogen-bond donors (Lipinski definition) is 1. The second-order valence-electron chi connectivity index (χ2n) is 5.67. The fraction of sp³-hybridized carbons (Fsp3) is 0.600. The molecular weight excluding hydrogens is 208 g/mol. The summed E-state index contributed by atoms with van der Waals surface area (Å²) in [6.07, 6.45) is 1.15. The summed E-state index contributed by atoms with van der Waals surface area (Å²) in [5.41, 5.74) is 1.70. The van der Waals surface area contributed by atoms with Gasteiger partial charge in [0.15, 0.2) is 0 Å². The Labute approximate surface area is 105 Å². The number of nitrogens with zero attached hydrogens (tertiary/aromatic N) is 1. The topological polar surface area (TPSA) is 15.3 Å². The quantitative estimate of drug-likeness (QED) is 0.860. The van der Waals surface area contributed by atoms with Gasteiger partial charge in [-0.25, -0.2) is 0 Å². The first-order chi connectivity index (χ1) is 8.11. The van der Waals surface area contributed by atoms with Gasteiger partial charge in [0.2, 0.25) is 0 Å². The van der Waals surface area contributed by atoms with Crippen molar-refractivity contribution in [3.05, 3.63) is 35.9 Å². The normalized spacial score (nSPS) is 24.8. The zero-order valence-electron chi connectivity index (χ0n) is 11.2. The molecule has 1 aliphatic rings. The highest BCUT2D eigenvalue weighted by molar-refractivity contribution is 5.16. The van der Waals surface area contributed by atoms with Crippen molar-refractivity contribution >= 4 is 0 Å². The summed E-state index contributed by atoms with van der Waals surface area (Å²) >= 11 is 0. The van der Waals surface area contributed by atoms with E-state index < -0.39 is 0 Å². The summed E-state index contributed by atoms with van der Waals surface area (Å²) in [5.74, 6) is 0. The molecule has 1 fully saturated rings. The van der Waals surface area contributed by atoms with E-state index in [2.05, 4.69) is 61.3 Å². The maximum absolute atomic E-state index is 3.65. The first-order valence-corrected chi connectivity index (χ1v) is 6.64. The van der Waals surface area contributed by atoms with Crippen LogP contribution in [0.3, 0.4) is 0 Å². The predicted octanol–water partition coefficient (Wildman–Crippen LogP) is 2.30. The lowest BCUT2D eigenvalue weighted by Gasteiger charge is -2.44. The van der Waals surface area contributed by atoms with Crippen LogP contribution in [-0.2, 0) is 6.42 Å². The van der Waals surface area contributed by atoms with Gasteiger partial charge in [0.1, 0.15) is 0 Å². The van der Waals surface area contributed by atoms with Gasteiger partial charge >= 0.3 is 0 Å². The third-order valence-corrected chi connectivity index (χ3v) is 3.65. The molecule has 0 spiro atoms. The van der Waals surface area contributed by atoms with Crippen molar-refractivity contribution in [3.63, 3.8) is 0 Å². The van der Waals surface area contributed by atoms with E-state index in [1.54, 1.807) is 0 Å². The fourth-order valence-corrected chi connectivity index (χ4v) is 2.67. The van der Waals surface area contributed by atoms with E-state index in [0.29, 0.717) is 6.04 Å². The number of hydrogen-bond acceptors (Lipinski definition) is 2. The SMILES string of the molecule is CCN1CC(C)(C)NCC1Cc1ccccc1. The predicted molar refractivity (Wildman–Crippen MR) is 73.3 cm³/mol. The van der Waals surface area contributed by atoms with Gasteiger partial charge in [-0.15, -0.1) is 0 Å². The molecule has 1 atom stereocenters. The summed E-state index contributed by atoms with van der Waals surface area (Å²) in [4.78, 5) is 2.60. The van der Waals surface area contributed by atoms with Crippen LogP contribution in [-0.4, -0.2) is 36.1 Å². The van der Waals surface area contributed by atoms with Crippen LogP contribution in [0.15, 0.2) is 30.3 Å². The van der Waals surface area contributed by atoms with Crippen molar-refractivity contribution in [3.8, 4) is 0 Å². The van der Waals surface area contributed by atoms with Crippen LogP contribution >= 0.6 is 0 Å². The number of nitrogens with one attached hydrogen (secondary N) is 1. The Morgan fingerprint density at radius 3 is 2.65 bits per heavy atom. The Hall–Kier alpha value is -0.860. The molecule has 0 aliphatic carbocycles. The molecule has 1 unspecified atom stereocenters. The second-order valence-corrected chi connectivity index (χ2v) is 5.67. The minimum absolute atomic E-state index is 0.253. The van der Waals surface area contributed by atoms with Crippen molar-refractivity contribution in [2.75, 3.05) is 19.6 Å². The van der Waals surface area contributed by atoms with Crippen LogP contribution in [0.1, 0.15) is 26.3 Å². The molecule has 2 heteroatoms. The molecule has 1 saturated heterocycles. The van der Waals surface area contributed by atoms with Gasteiger partial charge in [-0.05, 0) is 32.4 Å². The molecule has 17 heavy (non-hydrogen) atoms. The van der Waals surface area contributed by atoms with E-state index >= 15 is 0 Å². The van der Waals surface area contributed by atoms with Crippen molar-refractivity contribution in [2.24, 2.45) is 0 Å². The highest BCUT2D eigenvalue weighted by atomic mass is 15.2. The highest BCUT2D eigenvalue weighted by Crippen LogP contribution is 2.17. The van der Waals surface area contributed by atoms with Gasteiger partial charge in [-0.2, -0.15) is 0 Å². The van der Waals surface area contributed by atoms with Gasteiger partial charge < -0.3 is 5.32 Å². The molecule has 1 N–H and O–H groups in total. The zero-order chi connectivity index (χ0) is 12.3. The zero-order valence-corrected chi connectivity index (χ0v) is 11.2. The third kappa shape index (κ3) is 3.30. The lowest BCUT2D eigenvalue weighted by atomic mass is 9.95. The Balaban J connectivity index is 2.01. The van der Waals surface area contributed by atoms with E-state index in [4.69, 9.17) is 0 Å². The minimum Gasteiger partial charge on any atom is -0.309 e. The van der Waals surface area contributed by atoms with Crippen molar-refractivity contribution in [2.45, 2.75) is 38.8 Å². The van der Waals surface area contributed by atoms with Crippen LogP contribution in [0.4, 0.5) is 0 Å². The van der Waals surface area contributed by atoms with Crippen molar-refractivity contribution < 1.29 is 0 Å². The van der Waals surface area contributed by atoms with E-state index in [9.17, 15) is 0 Å². The lowest BCUT2D eigenvalue weighted by Crippen LogP contribution is -2.61. The summed E-state index contributed by atoms with van der Waals surface area (Å²) in [6, 6.07) is 11.4. The maximum Gasteiger partial charge on any atom is 0.0261 e. The molecule has 0 amide bonds. The standard InChI is InChI=1S/C15H24N2/c1-4-17-12-15(2,3)16-11-14(17)10-13-8-6-5-7-9-13/h5-9,14,16H,4,10-12H2,1-3H3. The summed E-state index contributed by atoms with van der Waals surface area (Å²) < 4.78 is 0. The van der Waals surface area contributed by atoms with Gasteiger partial charge in [0, 0.05) is 24.7 Å². The van der Waals surface area contributed by atoms with E-state index in [-0.39, 0.29) is 5.54 Å². The maximum atomic E-state index is 3.65. The Kier molecular flexibility index (Phi) is 3.85. The van der Waals surface area contributed by atoms with Crippen LogP contribution in [0.5, 0.6) is 0 Å². The van der Waals surface area contributed by atoms with Crippen molar-refractivity contribution in [1.82, 2.24) is 10.2 Å². The summed E-state index contributed by atoms with van der Waals surface area (Å²) in [7, 11) is 0. The molecular formula is C15H24N2. The average Bonchev–Trinajstić information content (AvgIpc) is 2.32. The largest absolute Gasteiger partial charge is 0.309 e. The van der Waals surface area contributed by atoms with Gasteiger partial charge in [0.05, 0.1) is 0 Å². The summed E-state index contributed by atoms with van der Waals surface area (Å²) in [5, 5.41) is 3.65. The van der Waals surface area contributed by atoms with Gasteiger partial charge in [0.25, 0.3) is 0 Å². The molecule has 1 aliphatic heterocycles. The highest BCUT2D eigenvalue weighted by Gasteiger charge is 2.31. The van der Waals surface area contributed by atoms with E-state index in [1.807, 2.05) is 0 Å². The molecule has 2 rings (SSSR count). The lowest BCUT2D eigenvalue weighted by molar-refractivity contribution is 0.101. The first kappa shape index (κ1) is 12.6. The molecule has 1 aromatic rings. The smallest absolute Gasteiger partial charge is 0.0261 e. The third-order valence-electron chi connectivity index (χ3n) is 3.65. The van der Waals surface area contributed by atoms with E-state index in [0.717, 1.165) is 26.1 Å². The Morgan fingerprint density at radius 1 is 1.29 bits per heavy atom. The molecule has 0 bridgehead atoms. The fourth-order valence-electron chi connectivity index (χ4n) is 2.67. The minimum atomic E-state index is 0.253. The molecule has 1 aromatic carbocycles. The number of piperazine rings is 1. The number of likely N-dealkylation sites (N-methyl/N-ethyl adjacent to an activating group) is 1. The first-order valence-electron chi connectivity index (χ1n) is 6.64. The Morgan fingerprint density at radius 2 is 2.00 bits per heavy atom. The van der Waals surface area contributed by atoms with Gasteiger partial charge in [-0.1, -0.05) is 37.3 Å². The second kappa shape index (κ2) is 5.19.